The molecule has 0 spiro atoms. The SMILES string of the molecule is C=Cc1ccc(C(=O)OCC(O)COC(=O)C(=C)C)cc1. The lowest BCUT2D eigenvalue weighted by Crippen LogP contribution is -2.25. The molecule has 5 nitrogen and oxygen atoms in total. The molecule has 0 bridgehead atoms. The van der Waals surface area contributed by atoms with Crippen LogP contribution < -0.4 is 0 Å². The van der Waals surface area contributed by atoms with Gasteiger partial charge >= 0.3 is 11.9 Å². The largest absolute Gasteiger partial charge is 0.459 e. The van der Waals surface area contributed by atoms with Gasteiger partial charge in [0.05, 0.1) is 5.56 Å². The molecule has 1 unspecified atom stereocenters. The molecule has 21 heavy (non-hydrogen) atoms. The molecule has 1 aromatic carbocycles. The number of ether oxygens (including phenoxy) is 2. The summed E-state index contributed by atoms with van der Waals surface area (Å²) >= 11 is 0. The molecule has 1 N–H and O–H groups in total. The second-order valence-corrected chi connectivity index (χ2v) is 4.46. The van der Waals surface area contributed by atoms with Crippen LogP contribution in [0.3, 0.4) is 0 Å². The number of esters is 2. The van der Waals surface area contributed by atoms with Crippen molar-refractivity contribution >= 4 is 18.0 Å². The number of carbonyl (C=O) groups excluding carboxylic acids is 2. The Kier molecular flexibility index (Phi) is 6.36. The van der Waals surface area contributed by atoms with Crippen LogP contribution in [0.1, 0.15) is 22.8 Å². The number of carbonyl (C=O) groups is 2. The summed E-state index contributed by atoms with van der Waals surface area (Å²) in [5, 5.41) is 9.56. The summed E-state index contributed by atoms with van der Waals surface area (Å²) in [6.07, 6.45) is 0.583. The van der Waals surface area contributed by atoms with Crippen LogP contribution in [0, 0.1) is 0 Å². The molecule has 112 valence electrons. The fourth-order valence-electron chi connectivity index (χ4n) is 1.35. The maximum atomic E-state index is 11.7. The quantitative estimate of drug-likeness (QED) is 0.614. The summed E-state index contributed by atoms with van der Waals surface area (Å²) in [5.74, 6) is -1.16. The second kappa shape index (κ2) is 8.01. The van der Waals surface area contributed by atoms with Crippen molar-refractivity contribution in [2.45, 2.75) is 13.0 Å². The summed E-state index contributed by atoms with van der Waals surface area (Å²) in [5.41, 5.74) is 1.49. The molecule has 0 aliphatic heterocycles. The zero-order valence-corrected chi connectivity index (χ0v) is 11.9. The van der Waals surface area contributed by atoms with Gasteiger partial charge in [-0.2, -0.15) is 0 Å². The predicted molar refractivity (Wildman–Crippen MR) is 78.6 cm³/mol. The van der Waals surface area contributed by atoms with E-state index >= 15 is 0 Å². The summed E-state index contributed by atoms with van der Waals surface area (Å²) in [7, 11) is 0. The monoisotopic (exact) mass is 290 g/mol. The number of benzene rings is 1. The van der Waals surface area contributed by atoms with Gasteiger partial charge in [0.2, 0.25) is 0 Å². The Morgan fingerprint density at radius 3 is 2.33 bits per heavy atom. The molecule has 1 rings (SSSR count). The van der Waals surface area contributed by atoms with E-state index in [0.717, 1.165) is 5.56 Å². The fraction of sp³-hybridized carbons (Fsp3) is 0.250. The second-order valence-electron chi connectivity index (χ2n) is 4.46. The first-order valence-electron chi connectivity index (χ1n) is 6.34. The van der Waals surface area contributed by atoms with Crippen LogP contribution >= 0.6 is 0 Å². The van der Waals surface area contributed by atoms with Crippen molar-refractivity contribution < 1.29 is 24.2 Å². The lowest BCUT2D eigenvalue weighted by atomic mass is 10.1. The first-order chi connectivity index (χ1) is 9.93. The maximum absolute atomic E-state index is 11.7. The minimum atomic E-state index is -1.08. The molecule has 0 fully saturated rings. The lowest BCUT2D eigenvalue weighted by molar-refractivity contribution is -0.142. The molecule has 1 aromatic rings. The van der Waals surface area contributed by atoms with Crippen molar-refractivity contribution in [1.29, 1.82) is 0 Å². The zero-order chi connectivity index (χ0) is 15.8. The highest BCUT2D eigenvalue weighted by molar-refractivity contribution is 5.89. The van der Waals surface area contributed by atoms with Crippen LogP contribution in [0.25, 0.3) is 6.08 Å². The minimum absolute atomic E-state index is 0.238. The molecule has 0 aliphatic rings. The normalized spacial score (nSPS) is 11.3. The number of aliphatic hydroxyl groups excluding tert-OH is 1. The van der Waals surface area contributed by atoms with Crippen LogP contribution in [0.5, 0.6) is 0 Å². The van der Waals surface area contributed by atoms with E-state index in [1.165, 1.54) is 6.92 Å². The lowest BCUT2D eigenvalue weighted by Gasteiger charge is -2.12. The predicted octanol–water partition coefficient (Wildman–Crippen LogP) is 1.97. The molecule has 1 atom stereocenters. The van der Waals surface area contributed by atoms with E-state index in [9.17, 15) is 14.7 Å². The van der Waals surface area contributed by atoms with Gasteiger partial charge in [0, 0.05) is 5.57 Å². The summed E-state index contributed by atoms with van der Waals surface area (Å²) in [6.45, 7) is 8.02. The molecule has 0 heterocycles. The van der Waals surface area contributed by atoms with Gasteiger partial charge in [-0.1, -0.05) is 31.4 Å². The molecule has 5 heteroatoms. The Balaban J connectivity index is 2.39. The molecule has 0 aliphatic carbocycles. The highest BCUT2D eigenvalue weighted by atomic mass is 16.6. The van der Waals surface area contributed by atoms with E-state index in [1.54, 1.807) is 30.3 Å². The Hall–Kier alpha value is -2.40. The first-order valence-corrected chi connectivity index (χ1v) is 6.34. The van der Waals surface area contributed by atoms with Crippen molar-refractivity contribution in [2.24, 2.45) is 0 Å². The topological polar surface area (TPSA) is 72.8 Å². The third kappa shape index (κ3) is 5.62. The van der Waals surface area contributed by atoms with Gasteiger partial charge in [-0.3, -0.25) is 0 Å². The van der Waals surface area contributed by atoms with Gasteiger partial charge in [-0.25, -0.2) is 9.59 Å². The van der Waals surface area contributed by atoms with Gasteiger partial charge < -0.3 is 14.6 Å². The molecule has 0 amide bonds. The number of hydrogen-bond donors (Lipinski definition) is 1. The van der Waals surface area contributed by atoms with E-state index in [2.05, 4.69) is 13.2 Å². The van der Waals surface area contributed by atoms with Crippen LogP contribution in [-0.4, -0.2) is 36.4 Å². The van der Waals surface area contributed by atoms with Crippen LogP contribution in [0.15, 0.2) is 43.0 Å². The molecule has 0 saturated carbocycles. The van der Waals surface area contributed by atoms with Crippen molar-refractivity contribution in [3.8, 4) is 0 Å². The average Bonchev–Trinajstić information content (AvgIpc) is 2.50. The highest BCUT2D eigenvalue weighted by Gasteiger charge is 2.13. The van der Waals surface area contributed by atoms with Gasteiger partial charge in [0.25, 0.3) is 0 Å². The third-order valence-corrected chi connectivity index (χ3v) is 2.54. The summed E-state index contributed by atoms with van der Waals surface area (Å²) < 4.78 is 9.67. The van der Waals surface area contributed by atoms with Crippen molar-refractivity contribution in [3.05, 3.63) is 54.1 Å². The molecule has 0 radical (unpaired) electrons. The average molecular weight is 290 g/mol. The van der Waals surface area contributed by atoms with Crippen LogP contribution in [0.4, 0.5) is 0 Å². The van der Waals surface area contributed by atoms with Crippen molar-refractivity contribution in [1.82, 2.24) is 0 Å². The van der Waals surface area contributed by atoms with Crippen molar-refractivity contribution in [2.75, 3.05) is 13.2 Å². The Bertz CT molecular complexity index is 530. The van der Waals surface area contributed by atoms with E-state index in [1.807, 2.05) is 0 Å². The fourth-order valence-corrected chi connectivity index (χ4v) is 1.35. The van der Waals surface area contributed by atoms with Gasteiger partial charge in [0.15, 0.2) is 0 Å². The first kappa shape index (κ1) is 16.7. The summed E-state index contributed by atoms with van der Waals surface area (Å²) in [6, 6.07) is 6.67. The van der Waals surface area contributed by atoms with Crippen LogP contribution in [0.2, 0.25) is 0 Å². The smallest absolute Gasteiger partial charge is 0.338 e. The summed E-state index contributed by atoms with van der Waals surface area (Å²) in [4.78, 5) is 22.8. The van der Waals surface area contributed by atoms with E-state index in [-0.39, 0.29) is 18.8 Å². The van der Waals surface area contributed by atoms with Gasteiger partial charge in [0.1, 0.15) is 19.3 Å². The van der Waals surface area contributed by atoms with E-state index in [4.69, 9.17) is 9.47 Å². The highest BCUT2D eigenvalue weighted by Crippen LogP contribution is 2.07. The molecular formula is C16H18O5. The number of rotatable bonds is 7. The van der Waals surface area contributed by atoms with E-state index in [0.29, 0.717) is 5.56 Å². The number of aliphatic hydroxyl groups is 1. The molecular weight excluding hydrogens is 272 g/mol. The third-order valence-electron chi connectivity index (χ3n) is 2.54. The van der Waals surface area contributed by atoms with Gasteiger partial charge in [-0.05, 0) is 24.6 Å². The molecule has 0 aromatic heterocycles. The maximum Gasteiger partial charge on any atom is 0.338 e. The Labute approximate surface area is 123 Å². The number of hydrogen-bond acceptors (Lipinski definition) is 5. The standard InChI is InChI=1S/C16H18O5/c1-4-12-5-7-13(8-6-12)16(19)21-10-14(17)9-20-15(18)11(2)3/h4-8,14,17H,1-2,9-10H2,3H3. The Morgan fingerprint density at radius 1 is 1.24 bits per heavy atom. The minimum Gasteiger partial charge on any atom is -0.459 e. The Morgan fingerprint density at radius 2 is 1.81 bits per heavy atom. The molecule has 0 saturated heterocycles. The zero-order valence-electron chi connectivity index (χ0n) is 11.9. The van der Waals surface area contributed by atoms with Crippen molar-refractivity contribution in [3.63, 3.8) is 0 Å². The van der Waals surface area contributed by atoms with Crippen LogP contribution in [-0.2, 0) is 14.3 Å². The van der Waals surface area contributed by atoms with E-state index < -0.39 is 18.0 Å². The van der Waals surface area contributed by atoms with Gasteiger partial charge in [-0.15, -0.1) is 0 Å².